The van der Waals surface area contributed by atoms with Crippen molar-refractivity contribution < 1.29 is 29.3 Å². The number of aromatic nitrogens is 1. The maximum Gasteiger partial charge on any atom is 0.305 e. The number of rotatable bonds is 8. The average molecular weight is 612 g/mol. The van der Waals surface area contributed by atoms with Crippen LogP contribution in [0.1, 0.15) is 61.8 Å². The van der Waals surface area contributed by atoms with Gasteiger partial charge >= 0.3 is 5.97 Å². The highest BCUT2D eigenvalue weighted by atomic mass is 32.1. The van der Waals surface area contributed by atoms with Crippen LogP contribution in [0.5, 0.6) is 0 Å². The van der Waals surface area contributed by atoms with E-state index in [1.165, 1.54) is 4.90 Å². The van der Waals surface area contributed by atoms with Gasteiger partial charge in [0.25, 0.3) is 0 Å². The molecule has 4 atom stereocenters. The van der Waals surface area contributed by atoms with E-state index in [1.54, 1.807) is 23.5 Å². The Labute approximate surface area is 255 Å². The number of aliphatic carboxylic acids is 1. The second-order valence-corrected chi connectivity index (χ2v) is 13.8. The van der Waals surface area contributed by atoms with E-state index in [4.69, 9.17) is 10.5 Å². The molecule has 2 aliphatic heterocycles. The Morgan fingerprint density at radius 3 is 2.53 bits per heavy atom. The summed E-state index contributed by atoms with van der Waals surface area (Å²) in [6, 6.07) is 4.88. The third-order valence-electron chi connectivity index (χ3n) is 8.47. The fourth-order valence-electron chi connectivity index (χ4n) is 5.95. The van der Waals surface area contributed by atoms with Crippen LogP contribution in [-0.2, 0) is 19.1 Å². The number of nitrogens with two attached hydrogens (primary N) is 1. The smallest absolute Gasteiger partial charge is 0.305 e. The zero-order valence-corrected chi connectivity index (χ0v) is 25.9. The molecule has 11 nitrogen and oxygen atoms in total. The summed E-state index contributed by atoms with van der Waals surface area (Å²) in [5, 5.41) is 27.4. The van der Waals surface area contributed by atoms with Crippen LogP contribution in [0.15, 0.2) is 35.7 Å². The van der Waals surface area contributed by atoms with E-state index in [9.17, 15) is 24.6 Å². The van der Waals surface area contributed by atoms with Crippen molar-refractivity contribution in [2.24, 2.45) is 17.1 Å². The first-order valence-corrected chi connectivity index (χ1v) is 15.5. The van der Waals surface area contributed by atoms with E-state index in [0.717, 1.165) is 34.0 Å². The number of aliphatic hydroxyl groups excluding tert-OH is 1. The number of carboxylic acids is 1. The number of hydrogen-bond donors (Lipinski definition) is 5. The molecule has 2 saturated heterocycles. The van der Waals surface area contributed by atoms with Crippen LogP contribution in [-0.4, -0.2) is 75.8 Å². The molecular weight excluding hydrogens is 570 g/mol. The number of hydrogen-bond acceptors (Lipinski definition) is 9. The van der Waals surface area contributed by atoms with E-state index >= 15 is 0 Å². The van der Waals surface area contributed by atoms with Crippen molar-refractivity contribution in [2.45, 2.75) is 77.6 Å². The molecule has 232 valence electrons. The fraction of sp³-hybridized carbons (Fsp3) is 0.548. The Morgan fingerprint density at radius 2 is 1.93 bits per heavy atom. The van der Waals surface area contributed by atoms with Crippen molar-refractivity contribution in [3.8, 4) is 10.4 Å². The van der Waals surface area contributed by atoms with E-state index in [1.807, 2.05) is 39.8 Å². The third kappa shape index (κ3) is 6.86. The van der Waals surface area contributed by atoms with Gasteiger partial charge in [0.1, 0.15) is 12.1 Å². The molecule has 0 radical (unpaired) electrons. The molecule has 1 aromatic carbocycles. The summed E-state index contributed by atoms with van der Waals surface area (Å²) >= 11 is 1.58. The molecule has 6 N–H and O–H groups in total. The number of thiazole rings is 1. The zero-order valence-electron chi connectivity index (χ0n) is 25.1. The van der Waals surface area contributed by atoms with Gasteiger partial charge < -0.3 is 36.2 Å². The van der Waals surface area contributed by atoms with Crippen LogP contribution >= 0.6 is 11.3 Å². The van der Waals surface area contributed by atoms with Gasteiger partial charge in [0, 0.05) is 30.0 Å². The predicted molar refractivity (Wildman–Crippen MR) is 162 cm³/mol. The highest BCUT2D eigenvalue weighted by Gasteiger charge is 2.47. The van der Waals surface area contributed by atoms with Gasteiger partial charge in [-0.3, -0.25) is 14.4 Å². The zero-order chi connectivity index (χ0) is 31.1. The second kappa shape index (κ2) is 12.3. The summed E-state index contributed by atoms with van der Waals surface area (Å²) in [6.45, 7) is 8.31. The normalized spacial score (nSPS) is 25.4. The largest absolute Gasteiger partial charge is 0.481 e. The molecule has 5 rings (SSSR count). The molecule has 1 unspecified atom stereocenters. The van der Waals surface area contributed by atoms with Crippen molar-refractivity contribution in [1.29, 1.82) is 0 Å². The number of benzene rings is 1. The second-order valence-electron chi connectivity index (χ2n) is 12.6. The molecule has 3 aliphatic rings. The van der Waals surface area contributed by atoms with Gasteiger partial charge in [0.15, 0.2) is 0 Å². The monoisotopic (exact) mass is 611 g/mol. The van der Waals surface area contributed by atoms with Crippen molar-refractivity contribution in [3.05, 3.63) is 51.9 Å². The molecule has 2 aromatic rings. The minimum absolute atomic E-state index is 0.00486. The molecule has 43 heavy (non-hydrogen) atoms. The number of carboxylic acid groups (broad SMARTS) is 1. The lowest BCUT2D eigenvalue weighted by Crippen LogP contribution is -2.57. The summed E-state index contributed by atoms with van der Waals surface area (Å²) in [6.07, 6.45) is 0.835. The highest BCUT2D eigenvalue weighted by molar-refractivity contribution is 7.15. The van der Waals surface area contributed by atoms with Gasteiger partial charge in [-0.2, -0.15) is 0 Å². The topological polar surface area (TPSA) is 167 Å². The van der Waals surface area contributed by atoms with Crippen molar-refractivity contribution in [1.82, 2.24) is 20.5 Å². The maximum atomic E-state index is 14.1. The SMILES string of the molecule is Cc1nc(C)c(-c2ccc([C@H](CC(=O)O)NC(=O)C3C[C@@H](O)CN3C(=O)[C@H]3N/C(=C(\N)C4CC4)COCC3(C)C)cc2)s1. The number of likely N-dealkylation sites (tertiary alicyclic amines) is 1. The molecular formula is C31H41N5O6S. The highest BCUT2D eigenvalue weighted by Crippen LogP contribution is 2.37. The van der Waals surface area contributed by atoms with Crippen LogP contribution < -0.4 is 16.4 Å². The van der Waals surface area contributed by atoms with Gasteiger partial charge in [0.2, 0.25) is 11.8 Å². The Morgan fingerprint density at radius 1 is 1.23 bits per heavy atom. The van der Waals surface area contributed by atoms with E-state index in [-0.39, 0.29) is 37.8 Å². The third-order valence-corrected chi connectivity index (χ3v) is 9.59. The molecule has 0 bridgehead atoms. The summed E-state index contributed by atoms with van der Waals surface area (Å²) in [5.74, 6) is -1.63. The minimum atomic E-state index is -1.07. The van der Waals surface area contributed by atoms with E-state index in [0.29, 0.717) is 23.6 Å². The number of amides is 2. The molecule has 3 fully saturated rings. The first-order chi connectivity index (χ1) is 20.3. The molecule has 3 heterocycles. The van der Waals surface area contributed by atoms with E-state index < -0.39 is 41.5 Å². The summed E-state index contributed by atoms with van der Waals surface area (Å²) in [7, 11) is 0. The van der Waals surface area contributed by atoms with Gasteiger partial charge in [-0.05, 0) is 37.8 Å². The van der Waals surface area contributed by atoms with Gasteiger partial charge in [-0.25, -0.2) is 4.98 Å². The van der Waals surface area contributed by atoms with Crippen molar-refractivity contribution in [3.63, 3.8) is 0 Å². The van der Waals surface area contributed by atoms with Crippen LogP contribution in [0.2, 0.25) is 0 Å². The van der Waals surface area contributed by atoms with E-state index in [2.05, 4.69) is 15.6 Å². The van der Waals surface area contributed by atoms with Gasteiger partial charge in [-0.15, -0.1) is 11.3 Å². The summed E-state index contributed by atoms with van der Waals surface area (Å²) in [4.78, 5) is 46.5. The first-order valence-electron chi connectivity index (χ1n) is 14.7. The predicted octanol–water partition coefficient (Wildman–Crippen LogP) is 2.62. The quantitative estimate of drug-likeness (QED) is 0.301. The molecule has 12 heteroatoms. The summed E-state index contributed by atoms with van der Waals surface area (Å²) < 4.78 is 5.88. The number of nitrogens with one attached hydrogen (secondary N) is 2. The first kappa shape index (κ1) is 31.0. The number of nitrogens with zero attached hydrogens (tertiary/aromatic N) is 2. The van der Waals surface area contributed by atoms with Crippen LogP contribution in [0, 0.1) is 25.2 Å². The van der Waals surface area contributed by atoms with Gasteiger partial charge in [0.05, 0.1) is 53.1 Å². The number of carbonyl (C=O) groups excluding carboxylic acids is 2. The van der Waals surface area contributed by atoms with Crippen LogP contribution in [0.25, 0.3) is 10.4 Å². The van der Waals surface area contributed by atoms with Crippen LogP contribution in [0.4, 0.5) is 0 Å². The summed E-state index contributed by atoms with van der Waals surface area (Å²) in [5.41, 5.74) is 9.67. The Balaban J connectivity index is 1.35. The average Bonchev–Trinajstić information content (AvgIpc) is 3.67. The lowest BCUT2D eigenvalue weighted by Gasteiger charge is -2.36. The number of β-amino-alcohol motifs (C(OH)–C–C–N with tert-alkyl or cyclic N) is 1. The number of allylic oxidation sites excluding steroid dienone is 1. The maximum absolute atomic E-state index is 14.1. The number of aliphatic hydroxyl groups is 1. The molecule has 2 amide bonds. The molecule has 1 aliphatic carbocycles. The Hall–Kier alpha value is -3.48. The molecule has 1 saturated carbocycles. The number of ether oxygens (including phenoxy) is 1. The lowest BCUT2D eigenvalue weighted by atomic mass is 9.84. The standard InChI is InChI=1S/C31H41N5O6S/c1-16-27(43-17(2)33-16)20-9-5-18(6-10-20)22(12-25(38)39)35-29(40)24-11-21(37)13-36(24)30(41)28-31(3,4)15-42-14-23(34-28)26(32)19-7-8-19/h5-6,9-10,19,21-22,24,28,34,37H,7-8,11-15,32H2,1-4H3,(H,35,40)(H,38,39)/b26-23-/t21-,22+,24?,28-/m1/s1. The van der Waals surface area contributed by atoms with Crippen molar-refractivity contribution in [2.75, 3.05) is 19.8 Å². The minimum Gasteiger partial charge on any atom is -0.481 e. The Bertz CT molecular complexity index is 1420. The van der Waals surface area contributed by atoms with Crippen molar-refractivity contribution >= 4 is 29.1 Å². The number of carbonyl (C=O) groups is 3. The molecule has 0 spiro atoms. The number of aryl methyl sites for hydroxylation is 2. The lowest BCUT2D eigenvalue weighted by molar-refractivity contribution is -0.143. The molecule has 1 aromatic heterocycles. The Kier molecular flexibility index (Phi) is 8.82. The fourth-order valence-corrected chi connectivity index (χ4v) is 6.87. The van der Waals surface area contributed by atoms with Gasteiger partial charge in [-0.1, -0.05) is 38.1 Å². The van der Waals surface area contributed by atoms with Crippen LogP contribution in [0.3, 0.4) is 0 Å².